The molecule has 2 atom stereocenters. The van der Waals surface area contributed by atoms with Crippen LogP contribution in [0, 0.1) is 0 Å². The van der Waals surface area contributed by atoms with E-state index in [0.717, 1.165) is 18.7 Å². The molecule has 3 nitrogen and oxygen atoms in total. The monoisotopic (exact) mass is 205 g/mol. The van der Waals surface area contributed by atoms with Crippen molar-refractivity contribution in [1.29, 1.82) is 0 Å². The zero-order valence-electron chi connectivity index (χ0n) is 6.86. The lowest BCUT2D eigenvalue weighted by molar-refractivity contribution is -0.134. The van der Waals surface area contributed by atoms with Gasteiger partial charge in [-0.25, -0.2) is 0 Å². The number of ether oxygens (including phenoxy) is 1. The zero-order valence-corrected chi connectivity index (χ0v) is 8.49. The number of fused-ring (bicyclic) bond motifs is 1. The topological polar surface area (TPSA) is 29.5 Å². The lowest BCUT2D eigenvalue weighted by Crippen LogP contribution is -2.37. The van der Waals surface area contributed by atoms with E-state index >= 15 is 0 Å². The molecule has 68 valence electrons. The summed E-state index contributed by atoms with van der Waals surface area (Å²) in [6.45, 7) is 0.906. The van der Waals surface area contributed by atoms with Crippen molar-refractivity contribution < 1.29 is 9.53 Å². The highest BCUT2D eigenvalue weighted by molar-refractivity contribution is 8.17. The highest BCUT2D eigenvalue weighted by Gasteiger charge is 2.41. The van der Waals surface area contributed by atoms with Gasteiger partial charge in [0.05, 0.1) is 0 Å². The molecule has 0 N–H and O–H groups in total. The molecule has 0 radical (unpaired) electrons. The number of amides is 1. The molecule has 2 unspecified atom stereocenters. The lowest BCUT2D eigenvalue weighted by atomic mass is 10.4. The highest BCUT2D eigenvalue weighted by atomic mass is 32.2. The fourth-order valence-corrected chi connectivity index (χ4v) is 4.12. The summed E-state index contributed by atoms with van der Waals surface area (Å²) in [6, 6.07) is 0. The molecule has 2 aliphatic rings. The van der Waals surface area contributed by atoms with Crippen LogP contribution < -0.4 is 0 Å². The molecule has 0 saturated carbocycles. The molecule has 0 spiro atoms. The predicted molar refractivity (Wildman–Crippen MR) is 51.0 cm³/mol. The van der Waals surface area contributed by atoms with Crippen LogP contribution in [0.3, 0.4) is 0 Å². The lowest BCUT2D eigenvalue weighted by Gasteiger charge is -2.27. The first-order valence-electron chi connectivity index (χ1n) is 3.93. The summed E-state index contributed by atoms with van der Waals surface area (Å²) in [5, 5.41) is 0. The summed E-state index contributed by atoms with van der Waals surface area (Å²) in [5.74, 6) is 1.32. The molecular weight excluding hydrogens is 194 g/mol. The minimum Gasteiger partial charge on any atom is -0.361 e. The van der Waals surface area contributed by atoms with Gasteiger partial charge in [-0.2, -0.15) is 0 Å². The Morgan fingerprint density at radius 1 is 1.67 bits per heavy atom. The number of rotatable bonds is 1. The number of carbonyl (C=O) groups is 1. The van der Waals surface area contributed by atoms with E-state index in [0.29, 0.717) is 4.71 Å². The third kappa shape index (κ3) is 1.34. The van der Waals surface area contributed by atoms with Crippen LogP contribution in [-0.2, 0) is 9.53 Å². The molecule has 2 saturated heterocycles. The summed E-state index contributed by atoms with van der Waals surface area (Å²) < 4.78 is 5.39. The summed E-state index contributed by atoms with van der Waals surface area (Å²) in [5.41, 5.74) is -0.249. The van der Waals surface area contributed by atoms with Crippen LogP contribution in [0.5, 0.6) is 0 Å². The SMILES string of the molecule is COC1SC2SCCCN2C1=O. The third-order valence-corrected chi connectivity index (χ3v) is 4.93. The number of thioether (sulfide) groups is 2. The molecule has 0 aliphatic carbocycles. The van der Waals surface area contributed by atoms with Gasteiger partial charge in [-0.15, -0.1) is 11.8 Å². The van der Waals surface area contributed by atoms with Gasteiger partial charge in [-0.1, -0.05) is 11.8 Å². The van der Waals surface area contributed by atoms with Crippen LogP contribution in [-0.4, -0.2) is 40.4 Å². The average Bonchev–Trinajstić information content (AvgIpc) is 2.44. The fourth-order valence-electron chi connectivity index (χ4n) is 1.40. The van der Waals surface area contributed by atoms with Crippen molar-refractivity contribution in [2.24, 2.45) is 0 Å². The van der Waals surface area contributed by atoms with Crippen LogP contribution >= 0.6 is 23.5 Å². The quantitative estimate of drug-likeness (QED) is 0.637. The van der Waals surface area contributed by atoms with Gasteiger partial charge in [0.1, 0.15) is 4.71 Å². The van der Waals surface area contributed by atoms with Crippen molar-refractivity contribution in [3.63, 3.8) is 0 Å². The van der Waals surface area contributed by atoms with E-state index in [-0.39, 0.29) is 11.3 Å². The molecule has 2 rings (SSSR count). The molecule has 1 amide bonds. The normalized spacial score (nSPS) is 35.4. The Bertz CT molecular complexity index is 200. The maximum Gasteiger partial charge on any atom is 0.263 e. The van der Waals surface area contributed by atoms with E-state index in [2.05, 4.69) is 0 Å². The second kappa shape index (κ2) is 3.47. The minimum atomic E-state index is -0.249. The standard InChI is InChI=1S/C7H11NO2S2/c1-10-6-5(9)8-3-2-4-11-7(8)12-6/h6-7H,2-4H2,1H3. The van der Waals surface area contributed by atoms with E-state index in [1.54, 1.807) is 18.9 Å². The molecule has 0 aromatic carbocycles. The summed E-state index contributed by atoms with van der Waals surface area (Å²) in [4.78, 5) is 13.5. The van der Waals surface area contributed by atoms with E-state index in [1.807, 2.05) is 16.7 Å². The number of hydrogen-bond acceptors (Lipinski definition) is 4. The molecule has 2 aliphatic heterocycles. The molecular formula is C7H11NO2S2. The van der Waals surface area contributed by atoms with Gasteiger partial charge >= 0.3 is 0 Å². The second-order valence-corrected chi connectivity index (χ2v) is 5.40. The van der Waals surface area contributed by atoms with E-state index in [4.69, 9.17) is 4.74 Å². The first kappa shape index (κ1) is 8.72. The van der Waals surface area contributed by atoms with Gasteiger partial charge in [0.15, 0.2) is 5.44 Å². The number of carbonyl (C=O) groups excluding carboxylic acids is 1. The van der Waals surface area contributed by atoms with Crippen LogP contribution in [0.15, 0.2) is 0 Å². The van der Waals surface area contributed by atoms with Crippen molar-refractivity contribution in [3.8, 4) is 0 Å². The molecule has 2 heterocycles. The average molecular weight is 205 g/mol. The van der Waals surface area contributed by atoms with Crippen LogP contribution in [0.2, 0.25) is 0 Å². The molecule has 0 aromatic heterocycles. The van der Waals surface area contributed by atoms with Gasteiger partial charge < -0.3 is 9.64 Å². The predicted octanol–water partition coefficient (Wildman–Crippen LogP) is 0.955. The van der Waals surface area contributed by atoms with E-state index in [9.17, 15) is 4.79 Å². The van der Waals surface area contributed by atoms with Crippen molar-refractivity contribution in [3.05, 3.63) is 0 Å². The van der Waals surface area contributed by atoms with Gasteiger partial charge in [0, 0.05) is 13.7 Å². The van der Waals surface area contributed by atoms with Crippen LogP contribution in [0.25, 0.3) is 0 Å². The van der Waals surface area contributed by atoms with Crippen LogP contribution in [0.1, 0.15) is 6.42 Å². The van der Waals surface area contributed by atoms with Gasteiger partial charge in [-0.3, -0.25) is 4.79 Å². The summed E-state index contributed by atoms with van der Waals surface area (Å²) >= 11 is 3.46. The Morgan fingerprint density at radius 3 is 3.17 bits per heavy atom. The number of hydrogen-bond donors (Lipinski definition) is 0. The van der Waals surface area contributed by atoms with Gasteiger partial charge in [-0.05, 0) is 12.2 Å². The van der Waals surface area contributed by atoms with Gasteiger partial charge in [0.2, 0.25) is 0 Å². The first-order valence-corrected chi connectivity index (χ1v) is 5.92. The number of methoxy groups -OCH3 is 1. The van der Waals surface area contributed by atoms with E-state index < -0.39 is 0 Å². The Balaban J connectivity index is 2.08. The van der Waals surface area contributed by atoms with Crippen molar-refractivity contribution in [2.45, 2.75) is 16.6 Å². The molecule has 0 aromatic rings. The largest absolute Gasteiger partial charge is 0.361 e. The Morgan fingerprint density at radius 2 is 2.50 bits per heavy atom. The van der Waals surface area contributed by atoms with Crippen molar-refractivity contribution in [2.75, 3.05) is 19.4 Å². The maximum atomic E-state index is 11.5. The third-order valence-electron chi connectivity index (χ3n) is 2.00. The van der Waals surface area contributed by atoms with Gasteiger partial charge in [0.25, 0.3) is 5.91 Å². The Hall–Kier alpha value is 0.130. The van der Waals surface area contributed by atoms with Crippen molar-refractivity contribution >= 4 is 29.4 Å². The zero-order chi connectivity index (χ0) is 8.55. The van der Waals surface area contributed by atoms with Crippen molar-refractivity contribution in [1.82, 2.24) is 4.90 Å². The first-order chi connectivity index (χ1) is 5.83. The Kier molecular flexibility index (Phi) is 2.52. The number of nitrogens with zero attached hydrogens (tertiary/aromatic N) is 1. The molecule has 2 fully saturated rings. The van der Waals surface area contributed by atoms with E-state index in [1.165, 1.54) is 0 Å². The summed E-state index contributed by atoms with van der Waals surface area (Å²) in [7, 11) is 1.60. The van der Waals surface area contributed by atoms with Crippen LogP contribution in [0.4, 0.5) is 0 Å². The minimum absolute atomic E-state index is 0.153. The maximum absolute atomic E-state index is 11.5. The highest BCUT2D eigenvalue weighted by Crippen LogP contribution is 2.41. The molecule has 5 heteroatoms. The molecule has 12 heavy (non-hydrogen) atoms. The second-order valence-electron chi connectivity index (χ2n) is 2.77. The Labute approximate surface area is 80.2 Å². The molecule has 0 bridgehead atoms. The summed E-state index contributed by atoms with van der Waals surface area (Å²) in [6.07, 6.45) is 1.11. The smallest absolute Gasteiger partial charge is 0.263 e. The fraction of sp³-hybridized carbons (Fsp3) is 0.857.